The van der Waals surface area contributed by atoms with Gasteiger partial charge in [0.25, 0.3) is 0 Å². The van der Waals surface area contributed by atoms with Crippen molar-refractivity contribution in [2.75, 3.05) is 46.1 Å². The summed E-state index contributed by atoms with van der Waals surface area (Å²) in [6.07, 6.45) is 2.43. The maximum atomic E-state index is 13.0. The Labute approximate surface area is 159 Å². The van der Waals surface area contributed by atoms with Crippen LogP contribution in [-0.2, 0) is 29.1 Å². The standard InChI is InChI=1S/C16H28N4O6S/c1-11(16(23)26-2)18-14(21)13-10-19(27(3,24)25)8-9-20(13)15(22)12-4-6-17-7-5-12/h11-13,17H,4-10H2,1-3H3,(H,18,21). The smallest absolute Gasteiger partial charge is 0.328 e. The first-order valence-electron chi connectivity index (χ1n) is 8.99. The van der Waals surface area contributed by atoms with Crippen LogP contribution >= 0.6 is 0 Å². The highest BCUT2D eigenvalue weighted by atomic mass is 32.2. The van der Waals surface area contributed by atoms with Gasteiger partial charge in [0.1, 0.15) is 12.1 Å². The van der Waals surface area contributed by atoms with Gasteiger partial charge in [-0.15, -0.1) is 0 Å². The highest BCUT2D eigenvalue weighted by Gasteiger charge is 2.40. The van der Waals surface area contributed by atoms with Gasteiger partial charge < -0.3 is 20.3 Å². The Kier molecular flexibility index (Phi) is 7.18. The molecule has 0 spiro atoms. The van der Waals surface area contributed by atoms with Gasteiger partial charge in [0, 0.05) is 25.6 Å². The number of sulfonamides is 1. The fourth-order valence-electron chi connectivity index (χ4n) is 3.40. The molecular formula is C16H28N4O6S. The first-order chi connectivity index (χ1) is 12.6. The van der Waals surface area contributed by atoms with Gasteiger partial charge in [-0.2, -0.15) is 4.31 Å². The third-order valence-corrected chi connectivity index (χ3v) is 6.27. The number of carbonyl (C=O) groups excluding carboxylic acids is 3. The average Bonchev–Trinajstić information content (AvgIpc) is 2.66. The minimum absolute atomic E-state index is 0.130. The number of hydrogen-bond acceptors (Lipinski definition) is 7. The summed E-state index contributed by atoms with van der Waals surface area (Å²) in [4.78, 5) is 38.8. The van der Waals surface area contributed by atoms with E-state index in [0.717, 1.165) is 19.3 Å². The number of nitrogens with one attached hydrogen (secondary N) is 2. The maximum Gasteiger partial charge on any atom is 0.328 e. The van der Waals surface area contributed by atoms with Crippen LogP contribution in [0.3, 0.4) is 0 Å². The molecule has 10 nitrogen and oxygen atoms in total. The van der Waals surface area contributed by atoms with Crippen molar-refractivity contribution in [2.45, 2.75) is 31.8 Å². The lowest BCUT2D eigenvalue weighted by molar-refractivity contribution is -0.149. The van der Waals surface area contributed by atoms with Crippen LogP contribution < -0.4 is 10.6 Å². The van der Waals surface area contributed by atoms with Crippen LogP contribution in [0.1, 0.15) is 19.8 Å². The molecule has 0 aliphatic carbocycles. The molecule has 2 rings (SSSR count). The molecule has 2 aliphatic heterocycles. The number of piperazine rings is 1. The van der Waals surface area contributed by atoms with Crippen molar-refractivity contribution in [3.63, 3.8) is 0 Å². The summed E-state index contributed by atoms with van der Waals surface area (Å²) in [5, 5.41) is 5.71. The Bertz CT molecular complexity index is 676. The second kappa shape index (κ2) is 8.98. The topological polar surface area (TPSA) is 125 Å². The molecule has 11 heteroatoms. The molecule has 0 aromatic carbocycles. The number of rotatable bonds is 5. The monoisotopic (exact) mass is 404 g/mol. The fourth-order valence-corrected chi connectivity index (χ4v) is 4.22. The van der Waals surface area contributed by atoms with Gasteiger partial charge in [-0.05, 0) is 32.9 Å². The van der Waals surface area contributed by atoms with Crippen LogP contribution in [0.2, 0.25) is 0 Å². The third-order valence-electron chi connectivity index (χ3n) is 5.00. The summed E-state index contributed by atoms with van der Waals surface area (Å²) in [5.41, 5.74) is 0. The second-order valence-electron chi connectivity index (χ2n) is 6.95. The van der Waals surface area contributed by atoms with Gasteiger partial charge in [0.05, 0.1) is 13.4 Å². The molecule has 2 unspecified atom stereocenters. The van der Waals surface area contributed by atoms with Crippen LogP contribution in [0.5, 0.6) is 0 Å². The van der Waals surface area contributed by atoms with Gasteiger partial charge in [-0.3, -0.25) is 9.59 Å². The summed E-state index contributed by atoms with van der Waals surface area (Å²) < 4.78 is 29.6. The Morgan fingerprint density at radius 3 is 2.37 bits per heavy atom. The first kappa shape index (κ1) is 21.6. The Morgan fingerprint density at radius 2 is 1.81 bits per heavy atom. The normalized spacial score (nSPS) is 23.5. The van der Waals surface area contributed by atoms with E-state index in [9.17, 15) is 22.8 Å². The van der Waals surface area contributed by atoms with Crippen molar-refractivity contribution in [3.8, 4) is 0 Å². The van der Waals surface area contributed by atoms with Gasteiger partial charge in [-0.1, -0.05) is 0 Å². The number of carbonyl (C=O) groups is 3. The van der Waals surface area contributed by atoms with Crippen LogP contribution in [0.4, 0.5) is 0 Å². The molecule has 27 heavy (non-hydrogen) atoms. The lowest BCUT2D eigenvalue weighted by Crippen LogP contribution is -2.63. The van der Waals surface area contributed by atoms with Gasteiger partial charge >= 0.3 is 5.97 Å². The van der Waals surface area contributed by atoms with E-state index >= 15 is 0 Å². The predicted octanol–water partition coefficient (Wildman–Crippen LogP) is -1.86. The maximum absolute atomic E-state index is 13.0. The number of ether oxygens (including phenoxy) is 1. The minimum atomic E-state index is -3.50. The molecule has 0 aromatic heterocycles. The SMILES string of the molecule is COC(=O)C(C)NC(=O)C1CN(S(C)(=O)=O)CCN1C(=O)C1CCNCC1. The molecule has 154 valence electrons. The van der Waals surface area contributed by atoms with Crippen molar-refractivity contribution >= 4 is 27.8 Å². The van der Waals surface area contributed by atoms with Crippen molar-refractivity contribution in [3.05, 3.63) is 0 Å². The van der Waals surface area contributed by atoms with Gasteiger partial charge in [0.15, 0.2) is 0 Å². The predicted molar refractivity (Wildman–Crippen MR) is 97.1 cm³/mol. The lowest BCUT2D eigenvalue weighted by Gasteiger charge is -2.41. The van der Waals surface area contributed by atoms with Gasteiger partial charge in [-0.25, -0.2) is 13.2 Å². The first-order valence-corrected chi connectivity index (χ1v) is 10.8. The molecular weight excluding hydrogens is 376 g/mol. The van der Waals surface area contributed by atoms with E-state index in [4.69, 9.17) is 0 Å². The third kappa shape index (κ3) is 5.39. The molecule has 0 bridgehead atoms. The van der Waals surface area contributed by atoms with E-state index in [1.54, 1.807) is 0 Å². The zero-order valence-corrected chi connectivity index (χ0v) is 16.8. The largest absolute Gasteiger partial charge is 0.467 e. The number of hydrogen-bond donors (Lipinski definition) is 2. The lowest BCUT2D eigenvalue weighted by atomic mass is 9.95. The van der Waals surface area contributed by atoms with Crippen molar-refractivity contribution in [1.29, 1.82) is 0 Å². The van der Waals surface area contributed by atoms with Gasteiger partial charge in [0.2, 0.25) is 21.8 Å². The molecule has 2 heterocycles. The molecule has 0 aromatic rings. The molecule has 2 saturated heterocycles. The zero-order valence-electron chi connectivity index (χ0n) is 15.9. The number of piperidine rings is 1. The molecule has 2 aliphatic rings. The summed E-state index contributed by atoms with van der Waals surface area (Å²) in [7, 11) is -2.29. The highest BCUT2D eigenvalue weighted by molar-refractivity contribution is 7.88. The fraction of sp³-hybridized carbons (Fsp3) is 0.812. The minimum Gasteiger partial charge on any atom is -0.467 e. The van der Waals surface area contributed by atoms with E-state index in [-0.39, 0.29) is 31.5 Å². The van der Waals surface area contributed by atoms with E-state index in [1.165, 1.54) is 23.2 Å². The summed E-state index contributed by atoms with van der Waals surface area (Å²) in [5.74, 6) is -1.52. The molecule has 2 N–H and O–H groups in total. The highest BCUT2D eigenvalue weighted by Crippen LogP contribution is 2.21. The van der Waals surface area contributed by atoms with E-state index < -0.39 is 34.0 Å². The van der Waals surface area contributed by atoms with Crippen LogP contribution in [0.25, 0.3) is 0 Å². The van der Waals surface area contributed by atoms with E-state index in [0.29, 0.717) is 12.8 Å². The molecule has 0 radical (unpaired) electrons. The van der Waals surface area contributed by atoms with Crippen molar-refractivity contribution < 1.29 is 27.5 Å². The quantitative estimate of drug-likeness (QED) is 0.515. The Morgan fingerprint density at radius 1 is 1.19 bits per heavy atom. The van der Waals surface area contributed by atoms with Crippen molar-refractivity contribution in [1.82, 2.24) is 19.8 Å². The second-order valence-corrected chi connectivity index (χ2v) is 8.93. The molecule has 2 atom stereocenters. The summed E-state index contributed by atoms with van der Waals surface area (Å²) in [6.45, 7) is 3.09. The summed E-state index contributed by atoms with van der Waals surface area (Å²) in [6, 6.07) is -1.88. The number of esters is 1. The van der Waals surface area contributed by atoms with E-state index in [1.807, 2.05) is 0 Å². The number of amides is 2. The molecule has 2 amide bonds. The Balaban J connectivity index is 2.18. The summed E-state index contributed by atoms with van der Waals surface area (Å²) >= 11 is 0. The van der Waals surface area contributed by atoms with Crippen LogP contribution in [-0.4, -0.2) is 93.6 Å². The molecule has 0 saturated carbocycles. The Hall–Kier alpha value is -1.72. The van der Waals surface area contributed by atoms with Crippen LogP contribution in [0.15, 0.2) is 0 Å². The molecule has 2 fully saturated rings. The average molecular weight is 404 g/mol. The van der Waals surface area contributed by atoms with Crippen molar-refractivity contribution in [2.24, 2.45) is 5.92 Å². The zero-order chi connectivity index (χ0) is 20.2. The number of nitrogens with zero attached hydrogens (tertiary/aromatic N) is 2. The number of methoxy groups -OCH3 is 1. The van der Waals surface area contributed by atoms with Crippen LogP contribution in [0, 0.1) is 5.92 Å². The van der Waals surface area contributed by atoms with E-state index in [2.05, 4.69) is 15.4 Å².